The molecule has 0 fully saturated rings. The first-order valence-corrected chi connectivity index (χ1v) is 10.9. The van der Waals surface area contributed by atoms with E-state index in [0.29, 0.717) is 23.7 Å². The first kappa shape index (κ1) is 21.6. The number of anilines is 2. The van der Waals surface area contributed by atoms with Crippen molar-refractivity contribution >= 4 is 38.9 Å². The van der Waals surface area contributed by atoms with E-state index in [1.54, 1.807) is 30.3 Å². The van der Waals surface area contributed by atoms with Crippen LogP contribution < -0.4 is 21.9 Å². The molecule has 0 unspecified atom stereocenters. The molecule has 30 heavy (non-hydrogen) atoms. The summed E-state index contributed by atoms with van der Waals surface area (Å²) in [5.74, 6) is -0.620. The second-order valence-corrected chi connectivity index (χ2v) is 8.72. The molecule has 0 saturated heterocycles. The van der Waals surface area contributed by atoms with Crippen molar-refractivity contribution in [1.82, 2.24) is 0 Å². The van der Waals surface area contributed by atoms with Gasteiger partial charge < -0.3 is 16.8 Å². The van der Waals surface area contributed by atoms with Gasteiger partial charge >= 0.3 is 0 Å². The fourth-order valence-corrected chi connectivity index (χ4v) is 3.64. The number of primary amides is 1. The van der Waals surface area contributed by atoms with Crippen molar-refractivity contribution in [2.24, 2.45) is 10.9 Å². The molecule has 0 aliphatic carbocycles. The van der Waals surface area contributed by atoms with E-state index < -0.39 is 15.9 Å². The van der Waals surface area contributed by atoms with E-state index in [1.807, 2.05) is 18.2 Å². The molecule has 3 aromatic carbocycles. The maximum Gasteiger partial charge on any atom is 0.250 e. The number of nitrogens with one attached hydrogen (secondary N) is 1. The van der Waals surface area contributed by atoms with Crippen molar-refractivity contribution in [3.8, 4) is 11.1 Å². The maximum absolute atomic E-state index is 11.9. The van der Waals surface area contributed by atoms with Gasteiger partial charge in [-0.05, 0) is 59.5 Å². The topological polar surface area (TPSA) is 141 Å². The van der Waals surface area contributed by atoms with Crippen molar-refractivity contribution in [1.29, 1.82) is 0 Å². The van der Waals surface area contributed by atoms with E-state index in [0.717, 1.165) is 16.7 Å². The number of primary sulfonamides is 1. The van der Waals surface area contributed by atoms with E-state index >= 15 is 0 Å². The van der Waals surface area contributed by atoms with Crippen molar-refractivity contribution in [2.75, 3.05) is 17.6 Å². The molecule has 0 atom stereocenters. The van der Waals surface area contributed by atoms with Crippen molar-refractivity contribution in [3.05, 3.63) is 76.8 Å². The van der Waals surface area contributed by atoms with Crippen LogP contribution in [0.1, 0.15) is 15.9 Å². The molecule has 0 aromatic heterocycles. The van der Waals surface area contributed by atoms with Crippen molar-refractivity contribution in [2.45, 2.75) is 11.3 Å². The Morgan fingerprint density at radius 1 is 0.967 bits per heavy atom. The summed E-state index contributed by atoms with van der Waals surface area (Å²) in [6, 6.07) is 17.0. The summed E-state index contributed by atoms with van der Waals surface area (Å²) in [6.45, 7) is 0.501. The molecule has 9 heteroatoms. The van der Waals surface area contributed by atoms with Crippen molar-refractivity contribution < 1.29 is 13.2 Å². The summed E-state index contributed by atoms with van der Waals surface area (Å²) in [4.78, 5) is 11.9. The van der Waals surface area contributed by atoms with Crippen LogP contribution in [-0.2, 0) is 16.4 Å². The minimum Gasteiger partial charge on any atom is -0.396 e. The lowest BCUT2D eigenvalue weighted by atomic mass is 10.00. The zero-order valence-electron chi connectivity index (χ0n) is 15.9. The highest BCUT2D eigenvalue weighted by Gasteiger charge is 2.14. The molecule has 0 aliphatic heterocycles. The van der Waals surface area contributed by atoms with Crippen LogP contribution in [0.15, 0.2) is 65.6 Å². The first-order valence-electron chi connectivity index (χ1n) is 9.00. The number of sulfonamides is 1. The molecular formula is C21H21ClN4O3S. The molecule has 3 aromatic rings. The molecule has 156 valence electrons. The summed E-state index contributed by atoms with van der Waals surface area (Å²) in [5, 5.41) is 8.94. The van der Waals surface area contributed by atoms with Gasteiger partial charge in [0.25, 0.3) is 5.91 Å². The van der Waals surface area contributed by atoms with Crippen LogP contribution in [0, 0.1) is 0 Å². The largest absolute Gasteiger partial charge is 0.396 e. The summed E-state index contributed by atoms with van der Waals surface area (Å²) in [7, 11) is -3.72. The van der Waals surface area contributed by atoms with E-state index in [1.165, 1.54) is 12.1 Å². The zero-order chi connectivity index (χ0) is 21.9. The SMILES string of the molecule is NC(=O)c1cc(-c2ccc(Cl)cc2)cc(NCCc2ccc(S(N)(=O)=O)cc2)c1N. The van der Waals surface area contributed by atoms with Crippen molar-refractivity contribution in [3.63, 3.8) is 0 Å². The predicted octanol–water partition coefficient (Wildman–Crippen LogP) is 2.99. The van der Waals surface area contributed by atoms with Gasteiger partial charge in [0.15, 0.2) is 0 Å². The third-order valence-corrected chi connectivity index (χ3v) is 5.79. The van der Waals surface area contributed by atoms with Crippen LogP contribution in [0.25, 0.3) is 11.1 Å². The standard InChI is InChI=1S/C21H21ClN4O3S/c22-16-5-3-14(4-6-16)15-11-18(21(24)27)20(23)19(12-15)26-10-9-13-1-7-17(8-2-13)30(25,28)29/h1-8,11-12,26H,9-10,23H2,(H2,24,27)(H2,25,28,29). The molecule has 0 heterocycles. The van der Waals surface area contributed by atoms with Crippen LogP contribution in [0.2, 0.25) is 5.02 Å². The fraction of sp³-hybridized carbons (Fsp3) is 0.0952. The Labute approximate surface area is 179 Å². The molecule has 7 N–H and O–H groups in total. The van der Waals surface area contributed by atoms with E-state index in [-0.39, 0.29) is 16.1 Å². The number of hydrogen-bond donors (Lipinski definition) is 4. The number of nitrogen functional groups attached to an aromatic ring is 1. The normalized spacial score (nSPS) is 11.3. The summed E-state index contributed by atoms with van der Waals surface area (Å²) < 4.78 is 22.7. The lowest BCUT2D eigenvalue weighted by Gasteiger charge is -2.15. The van der Waals surface area contributed by atoms with E-state index in [4.69, 9.17) is 28.2 Å². The van der Waals surface area contributed by atoms with Gasteiger partial charge in [-0.3, -0.25) is 4.79 Å². The highest BCUT2D eigenvalue weighted by Crippen LogP contribution is 2.31. The summed E-state index contributed by atoms with van der Waals surface area (Å²) >= 11 is 5.95. The predicted molar refractivity (Wildman–Crippen MR) is 120 cm³/mol. The quantitative estimate of drug-likeness (QED) is 0.414. The van der Waals surface area contributed by atoms with Crippen LogP contribution in [0.3, 0.4) is 0 Å². The monoisotopic (exact) mass is 444 g/mol. The number of benzene rings is 3. The second-order valence-electron chi connectivity index (χ2n) is 6.72. The average molecular weight is 445 g/mol. The Morgan fingerprint density at radius 3 is 2.17 bits per heavy atom. The molecular weight excluding hydrogens is 424 g/mol. The number of carbonyl (C=O) groups is 1. The van der Waals surface area contributed by atoms with Gasteiger partial charge in [-0.25, -0.2) is 13.6 Å². The molecule has 7 nitrogen and oxygen atoms in total. The van der Waals surface area contributed by atoms with Gasteiger partial charge in [-0.15, -0.1) is 0 Å². The van der Waals surface area contributed by atoms with Crippen LogP contribution in [0.4, 0.5) is 11.4 Å². The molecule has 1 amide bonds. The Balaban J connectivity index is 1.81. The highest BCUT2D eigenvalue weighted by molar-refractivity contribution is 7.89. The molecule has 0 radical (unpaired) electrons. The van der Waals surface area contributed by atoms with Crippen LogP contribution in [-0.4, -0.2) is 20.9 Å². The minimum atomic E-state index is -3.72. The third kappa shape index (κ3) is 5.10. The van der Waals surface area contributed by atoms with Gasteiger partial charge in [0.2, 0.25) is 10.0 Å². The Morgan fingerprint density at radius 2 is 1.60 bits per heavy atom. The van der Waals surface area contributed by atoms with Crippen LogP contribution in [0.5, 0.6) is 0 Å². The molecule has 0 saturated carbocycles. The number of hydrogen-bond acceptors (Lipinski definition) is 5. The Hall–Kier alpha value is -3.07. The van der Waals surface area contributed by atoms with E-state index in [9.17, 15) is 13.2 Å². The van der Waals surface area contributed by atoms with Gasteiger partial charge in [0.05, 0.1) is 21.8 Å². The lowest BCUT2D eigenvalue weighted by molar-refractivity contribution is 0.100. The Bertz CT molecular complexity index is 1180. The van der Waals surface area contributed by atoms with Gasteiger partial charge in [-0.1, -0.05) is 35.9 Å². The number of amides is 1. The van der Waals surface area contributed by atoms with Gasteiger partial charge in [0, 0.05) is 11.6 Å². The smallest absolute Gasteiger partial charge is 0.250 e. The molecule has 3 rings (SSSR count). The first-order chi connectivity index (χ1) is 14.1. The molecule has 0 aliphatic rings. The number of rotatable bonds is 7. The maximum atomic E-state index is 11.9. The summed E-state index contributed by atoms with van der Waals surface area (Å²) in [6.07, 6.45) is 0.599. The number of halogens is 1. The second kappa shape index (κ2) is 8.74. The minimum absolute atomic E-state index is 0.0604. The molecule has 0 bridgehead atoms. The Kier molecular flexibility index (Phi) is 6.31. The number of nitrogens with two attached hydrogens (primary N) is 3. The zero-order valence-corrected chi connectivity index (χ0v) is 17.5. The molecule has 0 spiro atoms. The van der Waals surface area contributed by atoms with E-state index in [2.05, 4.69) is 5.32 Å². The van der Waals surface area contributed by atoms with Gasteiger partial charge in [0.1, 0.15) is 0 Å². The average Bonchev–Trinajstić information content (AvgIpc) is 2.69. The lowest BCUT2D eigenvalue weighted by Crippen LogP contribution is -2.16. The third-order valence-electron chi connectivity index (χ3n) is 4.60. The van der Waals surface area contributed by atoms with Crippen LogP contribution >= 0.6 is 11.6 Å². The summed E-state index contributed by atoms with van der Waals surface area (Å²) in [5.41, 5.74) is 15.3. The number of carbonyl (C=O) groups excluding carboxylic acids is 1. The highest BCUT2D eigenvalue weighted by atomic mass is 35.5. The fourth-order valence-electron chi connectivity index (χ4n) is 3.00. The van der Waals surface area contributed by atoms with Gasteiger partial charge in [-0.2, -0.15) is 0 Å².